The third-order valence-electron chi connectivity index (χ3n) is 7.49. The zero-order valence-corrected chi connectivity index (χ0v) is 22.8. The zero-order chi connectivity index (χ0) is 27.2. The second kappa shape index (κ2) is 9.77. The maximum absolute atomic E-state index is 5.06. The molecule has 0 radical (unpaired) electrons. The van der Waals surface area contributed by atoms with Gasteiger partial charge in [0.1, 0.15) is 0 Å². The summed E-state index contributed by atoms with van der Waals surface area (Å²) in [5, 5.41) is 2.39. The number of fused-ring (bicyclic) bond motifs is 5. The Hall–Kier alpha value is -5.19. The number of nitrogens with zero attached hydrogens (tertiary/aromatic N) is 3. The van der Waals surface area contributed by atoms with Gasteiger partial charge in [-0.1, -0.05) is 121 Å². The van der Waals surface area contributed by atoms with Crippen LogP contribution in [-0.2, 0) is 0 Å². The SMILES string of the molecule is c1ccc(-c2cc(-c3ccccc3)nc(-c3ccc(-c4sc5ccccc5c5nc6ccccc6c4-5)cc3)n2)cc1. The van der Waals surface area contributed by atoms with Gasteiger partial charge in [0.05, 0.1) is 22.6 Å². The lowest BCUT2D eigenvalue weighted by Gasteiger charge is -2.12. The van der Waals surface area contributed by atoms with E-state index in [-0.39, 0.29) is 0 Å². The molecule has 5 aromatic carbocycles. The zero-order valence-electron chi connectivity index (χ0n) is 22.0. The standard InChI is InChI=1S/C37H23N3S/c1-3-11-24(12-4-1)31-23-32(25-13-5-2-6-14-25)40-37(39-31)27-21-19-26(20-22-27)36-34-28-15-7-9-17-30(28)38-35(34)29-16-8-10-18-33(29)41-36/h1-23H. The van der Waals surface area contributed by atoms with E-state index >= 15 is 0 Å². The van der Waals surface area contributed by atoms with Crippen molar-refractivity contribution in [2.24, 2.45) is 0 Å². The highest BCUT2D eigenvalue weighted by atomic mass is 32.1. The number of rotatable bonds is 4. The van der Waals surface area contributed by atoms with Crippen LogP contribution < -0.4 is 0 Å². The predicted octanol–water partition coefficient (Wildman–Crippen LogP) is 10.0. The molecule has 0 unspecified atom stereocenters. The van der Waals surface area contributed by atoms with Crippen LogP contribution in [0.2, 0.25) is 0 Å². The van der Waals surface area contributed by atoms with Crippen molar-refractivity contribution in [1.29, 1.82) is 0 Å². The maximum atomic E-state index is 5.06. The first kappa shape index (κ1) is 23.7. The molecule has 0 spiro atoms. The fourth-order valence-electron chi connectivity index (χ4n) is 5.49. The van der Waals surface area contributed by atoms with Gasteiger partial charge in [-0.05, 0) is 23.8 Å². The van der Waals surface area contributed by atoms with Gasteiger partial charge in [0.25, 0.3) is 0 Å². The Bertz CT molecular complexity index is 2070. The van der Waals surface area contributed by atoms with Gasteiger partial charge < -0.3 is 0 Å². The van der Waals surface area contributed by atoms with Crippen LogP contribution >= 0.6 is 11.3 Å². The Kier molecular flexibility index (Phi) is 5.64. The molecule has 0 fully saturated rings. The van der Waals surface area contributed by atoms with Crippen LogP contribution in [0.15, 0.2) is 140 Å². The molecular weight excluding hydrogens is 518 g/mol. The summed E-state index contributed by atoms with van der Waals surface area (Å²) in [5.41, 5.74) is 9.41. The second-order valence-electron chi connectivity index (χ2n) is 10.1. The van der Waals surface area contributed by atoms with E-state index in [2.05, 4.69) is 103 Å². The summed E-state index contributed by atoms with van der Waals surface area (Å²) in [5.74, 6) is 0.713. The van der Waals surface area contributed by atoms with E-state index in [1.54, 1.807) is 0 Å². The van der Waals surface area contributed by atoms with Crippen molar-refractivity contribution in [3.8, 4) is 55.6 Å². The minimum Gasteiger partial charge on any atom is -0.247 e. The van der Waals surface area contributed by atoms with Crippen molar-refractivity contribution in [2.45, 2.75) is 0 Å². The van der Waals surface area contributed by atoms with Crippen LogP contribution in [0, 0.1) is 0 Å². The Morgan fingerprint density at radius 2 is 1.00 bits per heavy atom. The Labute approximate surface area is 241 Å². The van der Waals surface area contributed by atoms with E-state index in [9.17, 15) is 0 Å². The fourth-order valence-corrected chi connectivity index (χ4v) is 6.69. The quantitative estimate of drug-likeness (QED) is 0.222. The van der Waals surface area contributed by atoms with Crippen LogP contribution in [0.3, 0.4) is 0 Å². The third-order valence-corrected chi connectivity index (χ3v) is 8.71. The second-order valence-corrected chi connectivity index (χ2v) is 11.1. The van der Waals surface area contributed by atoms with E-state index in [1.807, 2.05) is 47.7 Å². The van der Waals surface area contributed by atoms with Gasteiger partial charge in [-0.3, -0.25) is 0 Å². The number of para-hydroxylation sites is 1. The summed E-state index contributed by atoms with van der Waals surface area (Å²) in [7, 11) is 0. The average Bonchev–Trinajstić information content (AvgIpc) is 3.45. The Morgan fingerprint density at radius 1 is 0.439 bits per heavy atom. The van der Waals surface area contributed by atoms with Crippen molar-refractivity contribution in [3.63, 3.8) is 0 Å². The summed E-state index contributed by atoms with van der Waals surface area (Å²) in [6.07, 6.45) is 0. The number of aromatic nitrogens is 3. The van der Waals surface area contributed by atoms with Crippen LogP contribution in [0.1, 0.15) is 0 Å². The largest absolute Gasteiger partial charge is 0.247 e. The molecule has 2 aliphatic heterocycles. The first-order valence-corrected chi connectivity index (χ1v) is 14.4. The first-order valence-electron chi connectivity index (χ1n) is 13.6. The molecule has 1 aromatic heterocycles. The molecule has 0 atom stereocenters. The van der Waals surface area contributed by atoms with Crippen molar-refractivity contribution >= 4 is 32.3 Å². The van der Waals surface area contributed by atoms with Crippen LogP contribution in [-0.4, -0.2) is 15.0 Å². The molecule has 0 amide bonds. The molecule has 6 aromatic rings. The minimum atomic E-state index is 0.713. The minimum absolute atomic E-state index is 0.713. The van der Waals surface area contributed by atoms with Crippen LogP contribution in [0.4, 0.5) is 0 Å². The summed E-state index contributed by atoms with van der Waals surface area (Å²) in [4.78, 5) is 16.3. The molecule has 8 rings (SSSR count). The molecule has 192 valence electrons. The monoisotopic (exact) mass is 541 g/mol. The molecular formula is C37H23N3S. The van der Waals surface area contributed by atoms with Gasteiger partial charge >= 0.3 is 0 Å². The summed E-state index contributed by atoms with van der Waals surface area (Å²) in [6, 6.07) is 48.3. The van der Waals surface area contributed by atoms with Crippen molar-refractivity contribution in [2.75, 3.05) is 0 Å². The normalized spacial score (nSPS) is 11.4. The highest BCUT2D eigenvalue weighted by Crippen LogP contribution is 2.47. The highest BCUT2D eigenvalue weighted by molar-refractivity contribution is 7.22. The van der Waals surface area contributed by atoms with E-state index in [1.165, 1.54) is 25.9 Å². The van der Waals surface area contributed by atoms with Crippen molar-refractivity contribution in [3.05, 3.63) is 140 Å². The van der Waals surface area contributed by atoms with Gasteiger partial charge in [-0.25, -0.2) is 15.0 Å². The van der Waals surface area contributed by atoms with Crippen molar-refractivity contribution in [1.82, 2.24) is 15.0 Å². The summed E-state index contributed by atoms with van der Waals surface area (Å²) in [6.45, 7) is 0. The van der Waals surface area contributed by atoms with Gasteiger partial charge in [-0.2, -0.15) is 0 Å². The summed E-state index contributed by atoms with van der Waals surface area (Å²) < 4.78 is 1.23. The summed E-state index contributed by atoms with van der Waals surface area (Å²) >= 11 is 1.82. The van der Waals surface area contributed by atoms with Gasteiger partial charge in [-0.15, -0.1) is 11.3 Å². The van der Waals surface area contributed by atoms with Gasteiger partial charge in [0.15, 0.2) is 5.82 Å². The maximum Gasteiger partial charge on any atom is 0.160 e. The molecule has 0 saturated heterocycles. The smallest absolute Gasteiger partial charge is 0.160 e. The molecule has 41 heavy (non-hydrogen) atoms. The first-order chi connectivity index (χ1) is 20.3. The molecule has 3 heterocycles. The molecule has 0 saturated carbocycles. The molecule has 0 aliphatic carbocycles. The predicted molar refractivity (Wildman–Crippen MR) is 171 cm³/mol. The fraction of sp³-hybridized carbons (Fsp3) is 0. The van der Waals surface area contributed by atoms with Crippen LogP contribution in [0.25, 0.3) is 76.6 Å². The van der Waals surface area contributed by atoms with E-state index in [0.717, 1.165) is 44.9 Å². The molecule has 4 heteroatoms. The van der Waals surface area contributed by atoms with Crippen molar-refractivity contribution < 1.29 is 0 Å². The van der Waals surface area contributed by atoms with Gasteiger partial charge in [0, 0.05) is 42.6 Å². The van der Waals surface area contributed by atoms with Crippen LogP contribution in [0.5, 0.6) is 0 Å². The molecule has 3 nitrogen and oxygen atoms in total. The number of hydrogen-bond donors (Lipinski definition) is 0. The lowest BCUT2D eigenvalue weighted by atomic mass is 10.0. The highest BCUT2D eigenvalue weighted by Gasteiger charge is 2.21. The van der Waals surface area contributed by atoms with E-state index in [0.29, 0.717) is 5.82 Å². The molecule has 2 aliphatic rings. The Morgan fingerprint density at radius 3 is 1.68 bits per heavy atom. The third kappa shape index (κ3) is 4.17. The Balaban J connectivity index is 1.28. The lowest BCUT2D eigenvalue weighted by Crippen LogP contribution is -1.96. The average molecular weight is 542 g/mol. The number of benzene rings is 5. The van der Waals surface area contributed by atoms with E-state index < -0.39 is 0 Å². The number of hydrogen-bond acceptors (Lipinski definition) is 4. The van der Waals surface area contributed by atoms with E-state index in [4.69, 9.17) is 15.0 Å². The topological polar surface area (TPSA) is 38.7 Å². The molecule has 0 bridgehead atoms. The molecule has 0 N–H and O–H groups in total. The lowest BCUT2D eigenvalue weighted by molar-refractivity contribution is 1.18. The van der Waals surface area contributed by atoms with Gasteiger partial charge in [0.2, 0.25) is 0 Å².